The second-order valence-electron chi connectivity index (χ2n) is 9.36. The van der Waals surface area contributed by atoms with E-state index in [4.69, 9.17) is 9.47 Å². The van der Waals surface area contributed by atoms with E-state index >= 15 is 0 Å². The minimum absolute atomic E-state index is 0.00792. The minimum atomic E-state index is -3.75. The number of Topliss-reactive ketones (excluding diaryl/α,β-unsaturated/α-hetero) is 1. The van der Waals surface area contributed by atoms with E-state index in [-0.39, 0.29) is 16.0 Å². The van der Waals surface area contributed by atoms with Gasteiger partial charge in [-0.25, -0.2) is 18.0 Å². The van der Waals surface area contributed by atoms with Crippen LogP contribution in [0.4, 0.5) is 0 Å². The smallest absolute Gasteiger partial charge is 0.338 e. The average Bonchev–Trinajstić information content (AvgIpc) is 3.30. The number of nitrogens with one attached hydrogen (secondary N) is 1. The van der Waals surface area contributed by atoms with Crippen LogP contribution in [0.15, 0.2) is 49.9 Å². The standard InChI is InChI=1S/C26H32BrN3O10S/c1-3-11-29(12-4-2)41(37,38)19-7-5-17(6-8-19)24(34)39-16-20(32)26(36)13-22(40-21(26)15-31)30-14-18(9-10-27)23(33)28-25(30)35/h5-10,14,21-22,31,36H,3-4,11-13,15-16H2,1-2H3,(H,28,33,35)/t21-,22-,26-/m1/s1. The summed E-state index contributed by atoms with van der Waals surface area (Å²) in [7, 11) is -3.75. The highest BCUT2D eigenvalue weighted by atomic mass is 79.9. The lowest BCUT2D eigenvalue weighted by Crippen LogP contribution is -2.49. The van der Waals surface area contributed by atoms with Crippen LogP contribution < -0.4 is 11.2 Å². The number of aliphatic hydroxyl groups is 2. The molecule has 1 aromatic heterocycles. The number of nitrogens with zero attached hydrogens (tertiary/aromatic N) is 2. The fourth-order valence-corrected chi connectivity index (χ4v) is 6.31. The van der Waals surface area contributed by atoms with Crippen LogP contribution in [-0.2, 0) is 24.3 Å². The SMILES string of the molecule is CCCN(CCC)S(=O)(=O)c1ccc(C(=O)OCC(=O)[C@]2(O)C[C@H](n3cc(C=CBr)c(=O)[nH]c3=O)O[C@@H]2CO)cc1. The second kappa shape index (κ2) is 13.8. The largest absolute Gasteiger partial charge is 0.454 e. The number of rotatable bonds is 13. The van der Waals surface area contributed by atoms with Crippen LogP contribution in [0.1, 0.15) is 55.3 Å². The summed E-state index contributed by atoms with van der Waals surface area (Å²) >= 11 is 3.04. The summed E-state index contributed by atoms with van der Waals surface area (Å²) in [4.78, 5) is 53.4. The summed E-state index contributed by atoms with van der Waals surface area (Å²) in [6.07, 6.45) is 0.690. The Kier molecular flexibility index (Phi) is 11.0. The van der Waals surface area contributed by atoms with Gasteiger partial charge in [-0.05, 0) is 48.2 Å². The number of ketones is 1. The topological polar surface area (TPSA) is 185 Å². The van der Waals surface area contributed by atoms with Crippen LogP contribution in [0.2, 0.25) is 0 Å². The fraction of sp³-hybridized carbons (Fsp3) is 0.462. The lowest BCUT2D eigenvalue weighted by Gasteiger charge is -2.24. The molecule has 2 aromatic rings. The third kappa shape index (κ3) is 7.10. The number of esters is 1. The Hall–Kier alpha value is -2.95. The number of hydrogen-bond donors (Lipinski definition) is 3. The highest BCUT2D eigenvalue weighted by Crippen LogP contribution is 2.37. The van der Waals surface area contributed by atoms with E-state index in [9.17, 15) is 37.8 Å². The monoisotopic (exact) mass is 657 g/mol. The van der Waals surface area contributed by atoms with E-state index in [2.05, 4.69) is 20.9 Å². The fourth-order valence-electron chi connectivity index (χ4n) is 4.40. The normalized spacial score (nSPS) is 21.0. The lowest BCUT2D eigenvalue weighted by atomic mass is 9.90. The van der Waals surface area contributed by atoms with Crippen molar-refractivity contribution in [1.29, 1.82) is 0 Å². The number of aromatic nitrogens is 2. The highest BCUT2D eigenvalue weighted by Gasteiger charge is 2.53. The summed E-state index contributed by atoms with van der Waals surface area (Å²) in [6, 6.07) is 5.07. The molecule has 0 bridgehead atoms. The molecule has 2 heterocycles. The van der Waals surface area contributed by atoms with Gasteiger partial charge in [-0.2, -0.15) is 4.31 Å². The van der Waals surface area contributed by atoms with E-state index < -0.39 is 70.6 Å². The van der Waals surface area contributed by atoms with Crippen LogP contribution in [0, 0.1) is 0 Å². The van der Waals surface area contributed by atoms with Gasteiger partial charge in [-0.1, -0.05) is 29.8 Å². The molecule has 1 aromatic carbocycles. The molecule has 3 atom stereocenters. The predicted octanol–water partition coefficient (Wildman–Crippen LogP) is 1.15. The first-order chi connectivity index (χ1) is 19.4. The molecular formula is C26H32BrN3O10S. The zero-order chi connectivity index (χ0) is 30.4. The number of carbonyl (C=O) groups is 2. The molecule has 224 valence electrons. The summed E-state index contributed by atoms with van der Waals surface area (Å²) in [5.41, 5.74) is -3.77. The molecule has 13 nitrogen and oxygen atoms in total. The van der Waals surface area contributed by atoms with Crippen LogP contribution in [0.5, 0.6) is 0 Å². The number of ether oxygens (including phenoxy) is 2. The minimum Gasteiger partial charge on any atom is -0.454 e. The van der Waals surface area contributed by atoms with Crippen molar-refractivity contribution in [2.75, 3.05) is 26.3 Å². The number of hydrogen-bond acceptors (Lipinski definition) is 10. The first-order valence-corrected chi connectivity index (χ1v) is 15.2. The van der Waals surface area contributed by atoms with Gasteiger partial charge < -0.3 is 19.7 Å². The first kappa shape index (κ1) is 32.6. The van der Waals surface area contributed by atoms with Crippen molar-refractivity contribution in [3.63, 3.8) is 0 Å². The predicted molar refractivity (Wildman–Crippen MR) is 151 cm³/mol. The molecule has 0 radical (unpaired) electrons. The van der Waals surface area contributed by atoms with Gasteiger partial charge in [0, 0.05) is 25.7 Å². The van der Waals surface area contributed by atoms with E-state index in [1.165, 1.54) is 45.8 Å². The van der Waals surface area contributed by atoms with E-state index in [1.807, 2.05) is 13.8 Å². The van der Waals surface area contributed by atoms with Crippen molar-refractivity contribution in [3.05, 3.63) is 67.4 Å². The van der Waals surface area contributed by atoms with Gasteiger partial charge in [0.05, 0.1) is 22.6 Å². The van der Waals surface area contributed by atoms with Gasteiger partial charge in [-0.15, -0.1) is 0 Å². The zero-order valence-electron chi connectivity index (χ0n) is 22.5. The number of halogens is 1. The van der Waals surface area contributed by atoms with Crippen molar-refractivity contribution in [2.45, 2.75) is 55.9 Å². The Balaban J connectivity index is 1.72. The van der Waals surface area contributed by atoms with Gasteiger partial charge >= 0.3 is 11.7 Å². The zero-order valence-corrected chi connectivity index (χ0v) is 24.9. The molecule has 1 aliphatic heterocycles. The van der Waals surface area contributed by atoms with Crippen molar-refractivity contribution < 1.29 is 37.7 Å². The Labute approximate surface area is 244 Å². The molecule has 0 amide bonds. The summed E-state index contributed by atoms with van der Waals surface area (Å²) in [5, 5.41) is 20.9. The third-order valence-electron chi connectivity index (χ3n) is 6.54. The molecule has 3 rings (SSSR count). The van der Waals surface area contributed by atoms with Crippen molar-refractivity contribution in [3.8, 4) is 0 Å². The maximum absolute atomic E-state index is 13.0. The molecule has 41 heavy (non-hydrogen) atoms. The lowest BCUT2D eigenvalue weighted by molar-refractivity contribution is -0.149. The quantitative estimate of drug-likeness (QED) is 0.264. The van der Waals surface area contributed by atoms with E-state index in [0.717, 1.165) is 4.57 Å². The number of sulfonamides is 1. The Morgan fingerprint density at radius 1 is 1.22 bits per heavy atom. The van der Waals surface area contributed by atoms with Crippen LogP contribution in [-0.4, -0.2) is 82.2 Å². The van der Waals surface area contributed by atoms with Crippen molar-refractivity contribution in [2.24, 2.45) is 0 Å². The number of aliphatic hydroxyl groups excluding tert-OH is 1. The van der Waals surface area contributed by atoms with Gasteiger partial charge in [0.2, 0.25) is 15.8 Å². The number of aromatic amines is 1. The van der Waals surface area contributed by atoms with Crippen LogP contribution >= 0.6 is 15.9 Å². The molecule has 15 heteroatoms. The van der Waals surface area contributed by atoms with Crippen molar-refractivity contribution in [1.82, 2.24) is 13.9 Å². The van der Waals surface area contributed by atoms with Gasteiger partial charge in [0.25, 0.3) is 5.56 Å². The molecule has 3 N–H and O–H groups in total. The van der Waals surface area contributed by atoms with Crippen LogP contribution in [0.25, 0.3) is 6.08 Å². The summed E-state index contributed by atoms with van der Waals surface area (Å²) in [5.74, 6) is -1.93. The maximum Gasteiger partial charge on any atom is 0.338 e. The van der Waals surface area contributed by atoms with Crippen molar-refractivity contribution >= 4 is 43.8 Å². The molecule has 0 spiro atoms. The molecular weight excluding hydrogens is 626 g/mol. The van der Waals surface area contributed by atoms with Gasteiger partial charge in [0.15, 0.2) is 12.2 Å². The number of carbonyl (C=O) groups excluding carboxylic acids is 2. The Morgan fingerprint density at radius 2 is 1.85 bits per heavy atom. The first-order valence-electron chi connectivity index (χ1n) is 12.8. The van der Waals surface area contributed by atoms with E-state index in [1.54, 1.807) is 0 Å². The van der Waals surface area contributed by atoms with Crippen LogP contribution in [0.3, 0.4) is 0 Å². The Morgan fingerprint density at radius 3 is 2.41 bits per heavy atom. The third-order valence-corrected chi connectivity index (χ3v) is 8.72. The molecule has 0 unspecified atom stereocenters. The number of H-pyrrole nitrogens is 1. The molecule has 1 saturated heterocycles. The maximum atomic E-state index is 13.0. The second-order valence-corrected chi connectivity index (χ2v) is 11.8. The highest BCUT2D eigenvalue weighted by molar-refractivity contribution is 9.11. The number of benzene rings is 1. The molecule has 1 aliphatic rings. The van der Waals surface area contributed by atoms with Gasteiger partial charge in [-0.3, -0.25) is 19.1 Å². The molecule has 1 fully saturated rings. The molecule has 0 aliphatic carbocycles. The Bertz CT molecular complexity index is 1500. The average molecular weight is 659 g/mol. The van der Waals surface area contributed by atoms with E-state index in [0.29, 0.717) is 25.9 Å². The summed E-state index contributed by atoms with van der Waals surface area (Å²) in [6.45, 7) is 2.78. The van der Waals surface area contributed by atoms with Gasteiger partial charge in [0.1, 0.15) is 12.3 Å². The molecule has 0 saturated carbocycles. The summed E-state index contributed by atoms with van der Waals surface area (Å²) < 4.78 is 38.8.